The van der Waals surface area contributed by atoms with Crippen LogP contribution in [0.3, 0.4) is 0 Å². The first-order valence-corrected chi connectivity index (χ1v) is 5.00. The zero-order valence-corrected chi connectivity index (χ0v) is 9.18. The smallest absolute Gasteiger partial charge is 0.256 e. The summed E-state index contributed by atoms with van der Waals surface area (Å²) in [5.74, 6) is -2.22. The van der Waals surface area contributed by atoms with Gasteiger partial charge < -0.3 is 5.73 Å². The van der Waals surface area contributed by atoms with Gasteiger partial charge in [-0.25, -0.2) is 8.78 Å². The Kier molecular flexibility index (Phi) is 1.90. The van der Waals surface area contributed by atoms with Gasteiger partial charge in [0, 0.05) is 12.6 Å². The van der Waals surface area contributed by atoms with Crippen LogP contribution >= 0.6 is 15.9 Å². The molecule has 1 unspecified atom stereocenters. The van der Waals surface area contributed by atoms with Crippen molar-refractivity contribution < 1.29 is 8.78 Å². The molecule has 78 valence electrons. The van der Waals surface area contributed by atoms with Crippen molar-refractivity contribution in [2.24, 2.45) is 5.41 Å². The van der Waals surface area contributed by atoms with E-state index in [0.717, 1.165) is 0 Å². The van der Waals surface area contributed by atoms with Crippen LogP contribution in [0, 0.1) is 5.41 Å². The van der Waals surface area contributed by atoms with E-state index in [0.29, 0.717) is 10.3 Å². The highest BCUT2D eigenvalue weighted by Crippen LogP contribution is 2.61. The Balaban J connectivity index is 2.13. The second-order valence-electron chi connectivity index (χ2n) is 4.00. The summed E-state index contributed by atoms with van der Waals surface area (Å²) in [7, 11) is 0. The molecule has 0 aromatic carbocycles. The number of anilines is 1. The lowest BCUT2D eigenvalue weighted by Crippen LogP contribution is -2.15. The highest BCUT2D eigenvalue weighted by Gasteiger charge is 2.67. The van der Waals surface area contributed by atoms with Crippen molar-refractivity contribution in [3.05, 3.63) is 10.7 Å². The van der Waals surface area contributed by atoms with Crippen molar-refractivity contribution in [2.45, 2.75) is 25.8 Å². The van der Waals surface area contributed by atoms with Gasteiger partial charge in [-0.3, -0.25) is 4.68 Å². The third-order valence-corrected chi connectivity index (χ3v) is 3.24. The summed E-state index contributed by atoms with van der Waals surface area (Å²) in [6, 6.07) is 0. The van der Waals surface area contributed by atoms with E-state index < -0.39 is 11.3 Å². The molecule has 0 spiro atoms. The largest absolute Gasteiger partial charge is 0.381 e. The van der Waals surface area contributed by atoms with Crippen LogP contribution in [0.15, 0.2) is 10.7 Å². The third kappa shape index (κ3) is 1.41. The van der Waals surface area contributed by atoms with Crippen molar-refractivity contribution in [2.75, 3.05) is 5.73 Å². The van der Waals surface area contributed by atoms with E-state index in [1.807, 2.05) is 0 Å². The molecule has 1 aliphatic carbocycles. The molecular weight excluding hydrogens is 256 g/mol. The molecular formula is C8H10BrF2N3. The van der Waals surface area contributed by atoms with Gasteiger partial charge in [0.2, 0.25) is 0 Å². The molecule has 2 rings (SSSR count). The normalized spacial score (nSPS) is 29.1. The minimum atomic E-state index is -2.56. The third-order valence-electron chi connectivity index (χ3n) is 2.62. The number of hydrogen-bond acceptors (Lipinski definition) is 2. The van der Waals surface area contributed by atoms with E-state index in [-0.39, 0.29) is 13.0 Å². The fourth-order valence-electron chi connectivity index (χ4n) is 1.47. The van der Waals surface area contributed by atoms with Gasteiger partial charge in [-0.1, -0.05) is 6.92 Å². The summed E-state index contributed by atoms with van der Waals surface area (Å²) in [4.78, 5) is 0. The molecule has 1 heterocycles. The molecule has 3 nitrogen and oxygen atoms in total. The van der Waals surface area contributed by atoms with E-state index >= 15 is 0 Å². The average Bonchev–Trinajstić information content (AvgIpc) is 2.29. The van der Waals surface area contributed by atoms with E-state index in [4.69, 9.17) is 5.73 Å². The van der Waals surface area contributed by atoms with Crippen molar-refractivity contribution in [1.29, 1.82) is 0 Å². The highest BCUT2D eigenvalue weighted by molar-refractivity contribution is 9.10. The first-order chi connectivity index (χ1) is 6.34. The van der Waals surface area contributed by atoms with Crippen LogP contribution in [0.25, 0.3) is 0 Å². The summed E-state index contributed by atoms with van der Waals surface area (Å²) in [5.41, 5.74) is 4.53. The number of hydrogen-bond donors (Lipinski definition) is 1. The maximum absolute atomic E-state index is 12.9. The first kappa shape index (κ1) is 9.89. The van der Waals surface area contributed by atoms with Crippen molar-refractivity contribution in [1.82, 2.24) is 9.78 Å². The van der Waals surface area contributed by atoms with E-state index in [1.165, 1.54) is 4.68 Å². The zero-order chi connectivity index (χ0) is 10.6. The van der Waals surface area contributed by atoms with E-state index in [9.17, 15) is 8.78 Å². The fourth-order valence-corrected chi connectivity index (χ4v) is 1.78. The summed E-state index contributed by atoms with van der Waals surface area (Å²) >= 11 is 3.18. The standard InChI is InChI=1S/C8H10BrF2N3/c1-7(3-8(7,10)11)4-14-2-5(9)6(12)13-14/h2H,3-4H2,1H3,(H2,12,13). The molecule has 6 heteroatoms. The molecule has 0 bridgehead atoms. The number of nitrogens with zero attached hydrogens (tertiary/aromatic N) is 2. The minimum absolute atomic E-state index is 0.0720. The summed E-state index contributed by atoms with van der Waals surface area (Å²) < 4.78 is 27.9. The van der Waals surface area contributed by atoms with Gasteiger partial charge in [0.1, 0.15) is 0 Å². The molecule has 0 radical (unpaired) electrons. The average molecular weight is 266 g/mol. The topological polar surface area (TPSA) is 43.8 Å². The van der Waals surface area contributed by atoms with Crippen molar-refractivity contribution >= 4 is 21.7 Å². The number of aromatic nitrogens is 2. The van der Waals surface area contributed by atoms with Gasteiger partial charge >= 0.3 is 0 Å². The SMILES string of the molecule is CC1(Cn2cc(Br)c(N)n2)CC1(F)F. The Hall–Kier alpha value is -0.650. The lowest BCUT2D eigenvalue weighted by Gasteiger charge is -2.09. The van der Waals surface area contributed by atoms with Gasteiger partial charge in [-0.05, 0) is 15.9 Å². The van der Waals surface area contributed by atoms with Gasteiger partial charge in [-0.2, -0.15) is 5.10 Å². The van der Waals surface area contributed by atoms with Gasteiger partial charge in [0.25, 0.3) is 5.92 Å². The Morgan fingerprint density at radius 1 is 1.71 bits per heavy atom. The summed E-state index contributed by atoms with van der Waals surface area (Å²) in [5, 5.41) is 3.92. The lowest BCUT2D eigenvalue weighted by atomic mass is 10.1. The highest BCUT2D eigenvalue weighted by atomic mass is 79.9. The molecule has 0 aliphatic heterocycles. The number of halogens is 3. The maximum Gasteiger partial charge on any atom is 0.256 e. The number of nitrogen functional groups attached to an aromatic ring is 1. The number of nitrogens with two attached hydrogens (primary N) is 1. The van der Waals surface area contributed by atoms with Gasteiger partial charge in [0.05, 0.1) is 16.4 Å². The van der Waals surface area contributed by atoms with E-state index in [2.05, 4.69) is 21.0 Å². The molecule has 14 heavy (non-hydrogen) atoms. The first-order valence-electron chi connectivity index (χ1n) is 4.20. The van der Waals surface area contributed by atoms with Gasteiger partial charge in [-0.15, -0.1) is 0 Å². The molecule has 0 amide bonds. The molecule has 1 saturated carbocycles. The second kappa shape index (κ2) is 2.68. The summed E-state index contributed by atoms with van der Waals surface area (Å²) in [6.45, 7) is 1.76. The van der Waals surface area contributed by atoms with Gasteiger partial charge in [0.15, 0.2) is 5.82 Å². The Morgan fingerprint density at radius 2 is 2.29 bits per heavy atom. The monoisotopic (exact) mass is 265 g/mol. The predicted molar refractivity (Wildman–Crippen MR) is 52.0 cm³/mol. The Morgan fingerprint density at radius 3 is 2.64 bits per heavy atom. The molecule has 2 N–H and O–H groups in total. The van der Waals surface area contributed by atoms with Crippen molar-refractivity contribution in [3.63, 3.8) is 0 Å². The van der Waals surface area contributed by atoms with Crippen LogP contribution in [-0.4, -0.2) is 15.7 Å². The zero-order valence-electron chi connectivity index (χ0n) is 7.60. The molecule has 1 aliphatic rings. The lowest BCUT2D eigenvalue weighted by molar-refractivity contribution is 0.0623. The van der Waals surface area contributed by atoms with Crippen LogP contribution in [-0.2, 0) is 6.54 Å². The minimum Gasteiger partial charge on any atom is -0.381 e. The van der Waals surface area contributed by atoms with Crippen LogP contribution < -0.4 is 5.73 Å². The molecule has 0 saturated heterocycles. The van der Waals surface area contributed by atoms with Crippen LogP contribution in [0.4, 0.5) is 14.6 Å². The Labute approximate surface area is 88.4 Å². The van der Waals surface area contributed by atoms with Crippen LogP contribution in [0.2, 0.25) is 0 Å². The molecule has 1 aromatic rings. The van der Waals surface area contributed by atoms with E-state index in [1.54, 1.807) is 13.1 Å². The fraction of sp³-hybridized carbons (Fsp3) is 0.625. The number of rotatable bonds is 2. The molecule has 1 atom stereocenters. The summed E-state index contributed by atoms with van der Waals surface area (Å²) in [6.07, 6.45) is 1.55. The van der Waals surface area contributed by atoms with Crippen LogP contribution in [0.5, 0.6) is 0 Å². The predicted octanol–water partition coefficient (Wildman–Crippen LogP) is 2.27. The number of alkyl halides is 2. The second-order valence-corrected chi connectivity index (χ2v) is 4.86. The molecule has 1 aromatic heterocycles. The Bertz CT molecular complexity index is 357. The van der Waals surface area contributed by atoms with Crippen LogP contribution in [0.1, 0.15) is 13.3 Å². The molecule has 1 fully saturated rings. The maximum atomic E-state index is 12.9. The quantitative estimate of drug-likeness (QED) is 0.892. The van der Waals surface area contributed by atoms with Crippen molar-refractivity contribution in [3.8, 4) is 0 Å².